The standard InChI is InChI=1S/C18H19N3O2/c22-17(20-11-13-4-2-1-3-5-13)15-10-16(15)18(23)21-12-14-6-8-19-9-7-14/h1-9,15-16H,10-12H2,(H,20,22)(H,21,23). The van der Waals surface area contributed by atoms with Crippen LogP contribution in [0.25, 0.3) is 0 Å². The molecule has 3 rings (SSSR count). The van der Waals surface area contributed by atoms with Crippen LogP contribution in [0.3, 0.4) is 0 Å². The third kappa shape index (κ3) is 4.16. The highest BCUT2D eigenvalue weighted by Gasteiger charge is 2.47. The van der Waals surface area contributed by atoms with Gasteiger partial charge in [-0.25, -0.2) is 0 Å². The van der Waals surface area contributed by atoms with Crippen molar-refractivity contribution >= 4 is 11.8 Å². The second kappa shape index (κ2) is 7.05. The molecule has 1 aliphatic rings. The highest BCUT2D eigenvalue weighted by molar-refractivity contribution is 5.92. The van der Waals surface area contributed by atoms with Crippen LogP contribution in [0.2, 0.25) is 0 Å². The zero-order valence-electron chi connectivity index (χ0n) is 12.7. The lowest BCUT2D eigenvalue weighted by Crippen LogP contribution is -2.29. The van der Waals surface area contributed by atoms with Crippen LogP contribution < -0.4 is 10.6 Å². The molecule has 2 aromatic rings. The van der Waals surface area contributed by atoms with Gasteiger partial charge in [-0.05, 0) is 29.7 Å². The minimum atomic E-state index is -0.201. The fraction of sp³-hybridized carbons (Fsp3) is 0.278. The van der Waals surface area contributed by atoms with E-state index in [0.29, 0.717) is 19.5 Å². The maximum absolute atomic E-state index is 12.1. The number of benzene rings is 1. The van der Waals surface area contributed by atoms with Crippen molar-refractivity contribution in [3.8, 4) is 0 Å². The summed E-state index contributed by atoms with van der Waals surface area (Å²) >= 11 is 0. The van der Waals surface area contributed by atoms with Crippen molar-refractivity contribution in [2.45, 2.75) is 19.5 Å². The maximum atomic E-state index is 12.1. The number of carbonyl (C=O) groups excluding carboxylic acids is 2. The first-order valence-corrected chi connectivity index (χ1v) is 7.72. The van der Waals surface area contributed by atoms with E-state index in [1.54, 1.807) is 12.4 Å². The molecule has 5 nitrogen and oxygen atoms in total. The van der Waals surface area contributed by atoms with Crippen molar-refractivity contribution < 1.29 is 9.59 Å². The van der Waals surface area contributed by atoms with E-state index in [1.807, 2.05) is 42.5 Å². The SMILES string of the molecule is O=C(NCc1ccccc1)C1CC1C(=O)NCc1ccncc1. The largest absolute Gasteiger partial charge is 0.352 e. The van der Waals surface area contributed by atoms with Gasteiger partial charge in [0.25, 0.3) is 0 Å². The third-order valence-electron chi connectivity index (χ3n) is 3.99. The van der Waals surface area contributed by atoms with Gasteiger partial charge in [0.05, 0.1) is 11.8 Å². The summed E-state index contributed by atoms with van der Waals surface area (Å²) in [5.74, 6) is -0.497. The Labute approximate surface area is 135 Å². The van der Waals surface area contributed by atoms with Crippen molar-refractivity contribution in [1.82, 2.24) is 15.6 Å². The second-order valence-electron chi connectivity index (χ2n) is 5.73. The predicted molar refractivity (Wildman–Crippen MR) is 86.0 cm³/mol. The lowest BCUT2D eigenvalue weighted by molar-refractivity contribution is -0.127. The fourth-order valence-electron chi connectivity index (χ4n) is 2.51. The van der Waals surface area contributed by atoms with Crippen LogP contribution in [-0.4, -0.2) is 16.8 Å². The lowest BCUT2D eigenvalue weighted by atomic mass is 10.2. The van der Waals surface area contributed by atoms with Gasteiger partial charge in [-0.2, -0.15) is 0 Å². The summed E-state index contributed by atoms with van der Waals surface area (Å²) in [6.45, 7) is 0.970. The molecule has 2 unspecified atom stereocenters. The molecule has 1 heterocycles. The number of carbonyl (C=O) groups is 2. The van der Waals surface area contributed by atoms with Gasteiger partial charge in [-0.1, -0.05) is 30.3 Å². The minimum Gasteiger partial charge on any atom is -0.352 e. The molecular weight excluding hydrogens is 290 g/mol. The molecule has 0 spiro atoms. The molecule has 1 aliphatic carbocycles. The van der Waals surface area contributed by atoms with Gasteiger partial charge >= 0.3 is 0 Å². The number of hydrogen-bond donors (Lipinski definition) is 2. The summed E-state index contributed by atoms with van der Waals surface area (Å²) < 4.78 is 0. The van der Waals surface area contributed by atoms with Crippen LogP contribution in [0, 0.1) is 11.8 Å². The Morgan fingerprint density at radius 2 is 1.39 bits per heavy atom. The van der Waals surface area contributed by atoms with Gasteiger partial charge in [0.2, 0.25) is 11.8 Å². The minimum absolute atomic E-state index is 0.0436. The number of pyridine rings is 1. The normalized spacial score (nSPS) is 19.0. The van der Waals surface area contributed by atoms with E-state index in [4.69, 9.17) is 0 Å². The summed E-state index contributed by atoms with van der Waals surface area (Å²) in [4.78, 5) is 28.1. The molecule has 2 atom stereocenters. The van der Waals surface area contributed by atoms with Crippen molar-refractivity contribution in [2.75, 3.05) is 0 Å². The van der Waals surface area contributed by atoms with Crippen LogP contribution in [0.4, 0.5) is 0 Å². The molecule has 2 N–H and O–H groups in total. The predicted octanol–water partition coefficient (Wildman–Crippen LogP) is 1.65. The average molecular weight is 309 g/mol. The van der Waals surface area contributed by atoms with Crippen molar-refractivity contribution in [1.29, 1.82) is 0 Å². The highest BCUT2D eigenvalue weighted by Crippen LogP contribution is 2.38. The van der Waals surface area contributed by atoms with Crippen LogP contribution in [0.1, 0.15) is 17.5 Å². The zero-order valence-corrected chi connectivity index (χ0v) is 12.7. The van der Waals surface area contributed by atoms with E-state index < -0.39 is 0 Å². The maximum Gasteiger partial charge on any atom is 0.224 e. The smallest absolute Gasteiger partial charge is 0.224 e. The first kappa shape index (κ1) is 15.2. The Morgan fingerprint density at radius 3 is 1.96 bits per heavy atom. The van der Waals surface area contributed by atoms with Gasteiger partial charge in [0.15, 0.2) is 0 Å². The monoisotopic (exact) mass is 309 g/mol. The Kier molecular flexibility index (Phi) is 4.66. The number of amides is 2. The van der Waals surface area contributed by atoms with E-state index in [2.05, 4.69) is 15.6 Å². The van der Waals surface area contributed by atoms with E-state index in [0.717, 1.165) is 11.1 Å². The molecule has 0 bridgehead atoms. The molecule has 1 aromatic heterocycles. The number of rotatable bonds is 6. The van der Waals surface area contributed by atoms with Crippen LogP contribution in [0.15, 0.2) is 54.9 Å². The zero-order chi connectivity index (χ0) is 16.1. The number of hydrogen-bond acceptors (Lipinski definition) is 3. The highest BCUT2D eigenvalue weighted by atomic mass is 16.2. The first-order valence-electron chi connectivity index (χ1n) is 7.72. The van der Waals surface area contributed by atoms with Gasteiger partial charge < -0.3 is 10.6 Å². The van der Waals surface area contributed by atoms with Gasteiger partial charge in [-0.15, -0.1) is 0 Å². The van der Waals surface area contributed by atoms with E-state index >= 15 is 0 Å². The molecular formula is C18H19N3O2. The van der Waals surface area contributed by atoms with Crippen LogP contribution in [0.5, 0.6) is 0 Å². The van der Waals surface area contributed by atoms with E-state index in [9.17, 15) is 9.59 Å². The number of nitrogens with one attached hydrogen (secondary N) is 2. The summed E-state index contributed by atoms with van der Waals surface area (Å²) in [5.41, 5.74) is 2.05. The summed E-state index contributed by atoms with van der Waals surface area (Å²) in [5, 5.41) is 5.77. The average Bonchev–Trinajstić information content (AvgIpc) is 3.40. The first-order chi connectivity index (χ1) is 11.2. The summed E-state index contributed by atoms with van der Waals surface area (Å²) in [6.07, 6.45) is 4.01. The molecule has 0 aliphatic heterocycles. The van der Waals surface area contributed by atoms with Crippen molar-refractivity contribution in [3.63, 3.8) is 0 Å². The fourth-order valence-corrected chi connectivity index (χ4v) is 2.51. The van der Waals surface area contributed by atoms with E-state index in [-0.39, 0.29) is 23.7 Å². The van der Waals surface area contributed by atoms with Gasteiger partial charge in [-0.3, -0.25) is 14.6 Å². The number of aromatic nitrogens is 1. The molecule has 2 amide bonds. The number of nitrogens with zero attached hydrogens (tertiary/aromatic N) is 1. The molecule has 1 fully saturated rings. The van der Waals surface area contributed by atoms with Gasteiger partial charge in [0.1, 0.15) is 0 Å². The van der Waals surface area contributed by atoms with Crippen LogP contribution >= 0.6 is 0 Å². The second-order valence-corrected chi connectivity index (χ2v) is 5.73. The Hall–Kier alpha value is -2.69. The van der Waals surface area contributed by atoms with Crippen molar-refractivity contribution in [2.24, 2.45) is 11.8 Å². The summed E-state index contributed by atoms with van der Waals surface area (Å²) in [6, 6.07) is 13.5. The molecule has 5 heteroatoms. The van der Waals surface area contributed by atoms with Gasteiger partial charge in [0, 0.05) is 25.5 Å². The topological polar surface area (TPSA) is 71.1 Å². The quantitative estimate of drug-likeness (QED) is 0.852. The van der Waals surface area contributed by atoms with E-state index in [1.165, 1.54) is 0 Å². The molecule has 118 valence electrons. The molecule has 0 saturated heterocycles. The molecule has 0 radical (unpaired) electrons. The molecule has 1 aromatic carbocycles. The summed E-state index contributed by atoms with van der Waals surface area (Å²) in [7, 11) is 0. The molecule has 1 saturated carbocycles. The third-order valence-corrected chi connectivity index (χ3v) is 3.99. The van der Waals surface area contributed by atoms with Crippen molar-refractivity contribution in [3.05, 3.63) is 66.0 Å². The Bertz CT molecular complexity index is 614. The lowest BCUT2D eigenvalue weighted by Gasteiger charge is -2.06. The Balaban J connectivity index is 1.41. The van der Waals surface area contributed by atoms with Crippen LogP contribution in [-0.2, 0) is 22.7 Å². The molecule has 23 heavy (non-hydrogen) atoms. The Morgan fingerprint density at radius 1 is 0.870 bits per heavy atom.